The molecule has 0 aromatic carbocycles. The van der Waals surface area contributed by atoms with Gasteiger partial charge in [0.05, 0.1) is 12.4 Å². The molecule has 1 N–H and O–H groups in total. The number of fused-ring (bicyclic) bond motifs is 1. The van der Waals surface area contributed by atoms with Crippen LogP contribution in [-0.4, -0.2) is 29.6 Å². The van der Waals surface area contributed by atoms with Crippen LogP contribution in [0.1, 0.15) is 26.2 Å². The fraction of sp³-hybridized carbons (Fsp3) is 0.692. The molecule has 0 spiro atoms. The van der Waals surface area contributed by atoms with Crippen molar-refractivity contribution in [1.82, 2.24) is 9.97 Å². The van der Waals surface area contributed by atoms with E-state index >= 15 is 0 Å². The van der Waals surface area contributed by atoms with Gasteiger partial charge in [0.25, 0.3) is 0 Å². The molecule has 2 fully saturated rings. The van der Waals surface area contributed by atoms with Crippen LogP contribution < -0.4 is 10.2 Å². The molecule has 4 heteroatoms. The Hall–Kier alpha value is -1.32. The van der Waals surface area contributed by atoms with E-state index in [1.54, 1.807) is 6.20 Å². The highest BCUT2D eigenvalue weighted by Gasteiger charge is 2.36. The van der Waals surface area contributed by atoms with Crippen LogP contribution >= 0.6 is 0 Å². The summed E-state index contributed by atoms with van der Waals surface area (Å²) in [6, 6.07) is 0. The van der Waals surface area contributed by atoms with E-state index in [1.807, 2.05) is 6.20 Å². The Morgan fingerprint density at radius 2 is 2.06 bits per heavy atom. The van der Waals surface area contributed by atoms with Crippen molar-refractivity contribution in [2.45, 2.75) is 26.2 Å². The van der Waals surface area contributed by atoms with Crippen molar-refractivity contribution < 1.29 is 0 Å². The largest absolute Gasteiger partial charge is 0.369 e. The lowest BCUT2D eigenvalue weighted by molar-refractivity contribution is 0.494. The highest BCUT2D eigenvalue weighted by atomic mass is 15.2. The van der Waals surface area contributed by atoms with E-state index < -0.39 is 0 Å². The lowest BCUT2D eigenvalue weighted by Gasteiger charge is -2.18. The standard InChI is InChI=1S/C13H20N4/c1-2-15-12-6-14-7-13(16-12)17-8-10-4-3-5-11(10)9-17/h6-7,10-11H,2-5,8-9H2,1H3,(H,15,16). The number of aromatic nitrogens is 2. The summed E-state index contributed by atoms with van der Waals surface area (Å²) < 4.78 is 0. The van der Waals surface area contributed by atoms with Gasteiger partial charge >= 0.3 is 0 Å². The minimum Gasteiger partial charge on any atom is -0.369 e. The van der Waals surface area contributed by atoms with Crippen molar-refractivity contribution in [3.05, 3.63) is 12.4 Å². The molecule has 2 atom stereocenters. The Morgan fingerprint density at radius 3 is 2.76 bits per heavy atom. The molecule has 2 aliphatic rings. The number of anilines is 2. The zero-order valence-corrected chi connectivity index (χ0v) is 10.4. The monoisotopic (exact) mass is 232 g/mol. The van der Waals surface area contributed by atoms with Gasteiger partial charge in [0, 0.05) is 19.6 Å². The third-order valence-corrected chi connectivity index (χ3v) is 4.03. The lowest BCUT2D eigenvalue weighted by atomic mass is 10.0. The maximum absolute atomic E-state index is 4.62. The third kappa shape index (κ3) is 2.08. The molecule has 1 aromatic rings. The summed E-state index contributed by atoms with van der Waals surface area (Å²) in [6.07, 6.45) is 7.92. The highest BCUT2D eigenvalue weighted by molar-refractivity contribution is 5.44. The number of rotatable bonds is 3. The molecule has 92 valence electrons. The lowest BCUT2D eigenvalue weighted by Crippen LogP contribution is -2.22. The highest BCUT2D eigenvalue weighted by Crippen LogP contribution is 2.38. The van der Waals surface area contributed by atoms with Crippen molar-refractivity contribution in [2.75, 3.05) is 29.9 Å². The molecule has 4 nitrogen and oxygen atoms in total. The summed E-state index contributed by atoms with van der Waals surface area (Å²) >= 11 is 0. The van der Waals surface area contributed by atoms with Gasteiger partial charge in [-0.1, -0.05) is 6.42 Å². The van der Waals surface area contributed by atoms with E-state index in [1.165, 1.54) is 32.4 Å². The predicted molar refractivity (Wildman–Crippen MR) is 69.2 cm³/mol. The van der Waals surface area contributed by atoms with E-state index in [0.29, 0.717) is 0 Å². The minimum atomic E-state index is 0.891. The Bertz CT molecular complexity index is 381. The fourth-order valence-electron chi connectivity index (χ4n) is 3.20. The average Bonchev–Trinajstić information content (AvgIpc) is 2.89. The molecule has 0 radical (unpaired) electrons. The first-order valence-electron chi connectivity index (χ1n) is 6.67. The van der Waals surface area contributed by atoms with E-state index in [9.17, 15) is 0 Å². The topological polar surface area (TPSA) is 41.1 Å². The molecule has 1 saturated carbocycles. The number of hydrogen-bond acceptors (Lipinski definition) is 4. The van der Waals surface area contributed by atoms with Crippen molar-refractivity contribution in [3.8, 4) is 0 Å². The molecule has 1 aromatic heterocycles. The van der Waals surface area contributed by atoms with E-state index in [0.717, 1.165) is 30.0 Å². The zero-order valence-electron chi connectivity index (χ0n) is 10.4. The van der Waals surface area contributed by atoms with Crippen molar-refractivity contribution in [1.29, 1.82) is 0 Å². The van der Waals surface area contributed by atoms with Crippen LogP contribution in [0, 0.1) is 11.8 Å². The van der Waals surface area contributed by atoms with Crippen molar-refractivity contribution in [3.63, 3.8) is 0 Å². The minimum absolute atomic E-state index is 0.891. The van der Waals surface area contributed by atoms with Crippen LogP contribution in [0.2, 0.25) is 0 Å². The second-order valence-electron chi connectivity index (χ2n) is 5.15. The smallest absolute Gasteiger partial charge is 0.149 e. The Labute approximate surface area is 102 Å². The first-order chi connectivity index (χ1) is 8.36. The predicted octanol–water partition coefficient (Wildman–Crippen LogP) is 2.14. The van der Waals surface area contributed by atoms with Gasteiger partial charge in [0.15, 0.2) is 0 Å². The number of nitrogens with one attached hydrogen (secondary N) is 1. The Kier molecular flexibility index (Phi) is 2.87. The van der Waals surface area contributed by atoms with Crippen molar-refractivity contribution in [2.24, 2.45) is 11.8 Å². The first kappa shape index (κ1) is 10.8. The van der Waals surface area contributed by atoms with Gasteiger partial charge in [-0.15, -0.1) is 0 Å². The summed E-state index contributed by atoms with van der Waals surface area (Å²) in [4.78, 5) is 11.3. The molecular weight excluding hydrogens is 212 g/mol. The molecule has 1 saturated heterocycles. The molecule has 1 aliphatic heterocycles. The van der Waals surface area contributed by atoms with Crippen LogP contribution in [-0.2, 0) is 0 Å². The quantitative estimate of drug-likeness (QED) is 0.867. The number of hydrogen-bond donors (Lipinski definition) is 1. The maximum atomic E-state index is 4.62. The summed E-state index contributed by atoms with van der Waals surface area (Å²) in [5, 5.41) is 3.22. The fourth-order valence-corrected chi connectivity index (χ4v) is 3.20. The van der Waals surface area contributed by atoms with Crippen molar-refractivity contribution >= 4 is 11.6 Å². The van der Waals surface area contributed by atoms with E-state index in [4.69, 9.17) is 0 Å². The normalized spacial score (nSPS) is 27.2. The van der Waals surface area contributed by atoms with E-state index in [-0.39, 0.29) is 0 Å². The van der Waals surface area contributed by atoms with Crippen LogP contribution in [0.25, 0.3) is 0 Å². The Morgan fingerprint density at radius 1 is 1.29 bits per heavy atom. The molecule has 1 aliphatic carbocycles. The molecule has 2 heterocycles. The van der Waals surface area contributed by atoms with Gasteiger partial charge in [-0.3, -0.25) is 4.98 Å². The van der Waals surface area contributed by atoms with Crippen LogP contribution in [0.4, 0.5) is 11.6 Å². The second kappa shape index (κ2) is 4.51. The average molecular weight is 232 g/mol. The second-order valence-corrected chi connectivity index (χ2v) is 5.15. The van der Waals surface area contributed by atoms with Gasteiger partial charge in [-0.25, -0.2) is 4.98 Å². The summed E-state index contributed by atoms with van der Waals surface area (Å²) in [7, 11) is 0. The van der Waals surface area contributed by atoms with Gasteiger partial charge in [-0.05, 0) is 31.6 Å². The molecule has 17 heavy (non-hydrogen) atoms. The molecular formula is C13H20N4. The van der Waals surface area contributed by atoms with E-state index in [2.05, 4.69) is 27.1 Å². The zero-order chi connectivity index (χ0) is 11.7. The first-order valence-corrected chi connectivity index (χ1v) is 6.67. The third-order valence-electron chi connectivity index (χ3n) is 4.03. The molecule has 0 amide bonds. The SMILES string of the molecule is CCNc1cncc(N2CC3CCCC3C2)n1. The van der Waals surface area contributed by atoms with Crippen LogP contribution in [0.5, 0.6) is 0 Å². The maximum Gasteiger partial charge on any atom is 0.149 e. The summed E-state index contributed by atoms with van der Waals surface area (Å²) in [5.74, 6) is 3.74. The van der Waals surface area contributed by atoms with Gasteiger partial charge < -0.3 is 10.2 Å². The van der Waals surface area contributed by atoms with Gasteiger partial charge in [0.1, 0.15) is 11.6 Å². The molecule has 2 unspecified atom stereocenters. The van der Waals surface area contributed by atoms with Gasteiger partial charge in [-0.2, -0.15) is 0 Å². The number of nitrogens with zero attached hydrogens (tertiary/aromatic N) is 3. The van der Waals surface area contributed by atoms with Crippen LogP contribution in [0.3, 0.4) is 0 Å². The Balaban J connectivity index is 1.74. The van der Waals surface area contributed by atoms with Gasteiger partial charge in [0.2, 0.25) is 0 Å². The molecule has 0 bridgehead atoms. The summed E-state index contributed by atoms with van der Waals surface area (Å²) in [5.41, 5.74) is 0. The summed E-state index contributed by atoms with van der Waals surface area (Å²) in [6.45, 7) is 5.32. The van der Waals surface area contributed by atoms with Crippen LogP contribution in [0.15, 0.2) is 12.4 Å². The molecule has 3 rings (SSSR count).